The summed E-state index contributed by atoms with van der Waals surface area (Å²) >= 11 is 0. The van der Waals surface area contributed by atoms with E-state index in [9.17, 15) is 0 Å². The van der Waals surface area contributed by atoms with Gasteiger partial charge in [-0.15, -0.1) is 0 Å². The Labute approximate surface area is 95.9 Å². The fraction of sp³-hybridized carbons (Fsp3) is 0.500. The Hall–Kier alpha value is -1.60. The molecule has 1 unspecified atom stereocenters. The molecule has 1 atom stereocenters. The van der Waals surface area contributed by atoms with Crippen molar-refractivity contribution in [2.45, 2.75) is 26.3 Å². The van der Waals surface area contributed by atoms with Crippen LogP contribution in [0, 0.1) is 17.2 Å². The van der Waals surface area contributed by atoms with Gasteiger partial charge in [0, 0.05) is 18.8 Å². The normalized spacial score (nSPS) is 12.2. The van der Waals surface area contributed by atoms with E-state index in [4.69, 9.17) is 10.4 Å². The maximum absolute atomic E-state index is 8.96. The van der Waals surface area contributed by atoms with Crippen molar-refractivity contribution in [2.75, 3.05) is 11.9 Å². The second-order valence-electron chi connectivity index (χ2n) is 4.02. The summed E-state index contributed by atoms with van der Waals surface area (Å²) in [5.74, 6) is 0.970. The number of nitrogens with one attached hydrogen (secondary N) is 1. The van der Waals surface area contributed by atoms with E-state index in [-0.39, 0.29) is 12.6 Å². The molecule has 0 saturated carbocycles. The number of aliphatic hydroxyl groups excluding tert-OH is 1. The van der Waals surface area contributed by atoms with Gasteiger partial charge in [0.25, 0.3) is 0 Å². The predicted octanol–water partition coefficient (Wildman–Crippen LogP) is 1.77. The van der Waals surface area contributed by atoms with E-state index < -0.39 is 0 Å². The van der Waals surface area contributed by atoms with E-state index >= 15 is 0 Å². The zero-order valence-corrected chi connectivity index (χ0v) is 9.64. The molecule has 4 heteroatoms. The molecule has 1 aromatic heterocycles. The van der Waals surface area contributed by atoms with Gasteiger partial charge in [0.05, 0.1) is 5.56 Å². The number of aliphatic hydroxyl groups is 1. The highest BCUT2D eigenvalue weighted by molar-refractivity contribution is 5.51. The van der Waals surface area contributed by atoms with Crippen LogP contribution < -0.4 is 5.32 Å². The van der Waals surface area contributed by atoms with Crippen molar-refractivity contribution in [1.29, 1.82) is 5.26 Å². The minimum Gasteiger partial charge on any atom is -0.396 e. The van der Waals surface area contributed by atoms with Crippen molar-refractivity contribution in [3.8, 4) is 6.07 Å². The lowest BCUT2D eigenvalue weighted by Crippen LogP contribution is -2.27. The third kappa shape index (κ3) is 3.21. The summed E-state index contributed by atoms with van der Waals surface area (Å²) in [6, 6.07) is 5.69. The average molecular weight is 219 g/mol. The minimum absolute atomic E-state index is 0.130. The zero-order valence-electron chi connectivity index (χ0n) is 9.64. The molecule has 2 N–H and O–H groups in total. The quantitative estimate of drug-likeness (QED) is 0.792. The summed E-state index contributed by atoms with van der Waals surface area (Å²) in [6.07, 6.45) is 2.30. The van der Waals surface area contributed by atoms with Crippen LogP contribution in [0.4, 0.5) is 5.82 Å². The maximum Gasteiger partial charge on any atom is 0.144 e. The molecule has 16 heavy (non-hydrogen) atoms. The minimum atomic E-state index is 0.130. The van der Waals surface area contributed by atoms with Gasteiger partial charge in [0.2, 0.25) is 0 Å². The van der Waals surface area contributed by atoms with Gasteiger partial charge in [0.1, 0.15) is 11.9 Å². The Kier molecular flexibility index (Phi) is 4.74. The van der Waals surface area contributed by atoms with Crippen LogP contribution in [0.15, 0.2) is 18.3 Å². The summed E-state index contributed by atoms with van der Waals surface area (Å²) in [6.45, 7) is 4.27. The smallest absolute Gasteiger partial charge is 0.144 e. The standard InChI is InChI=1S/C12H17N3O/c1-9(2)11(5-7-16)15-12-10(8-13)4-3-6-14-12/h3-4,6,9,11,16H,5,7H2,1-2H3,(H,14,15). The van der Waals surface area contributed by atoms with Gasteiger partial charge in [-0.25, -0.2) is 4.98 Å². The average Bonchev–Trinajstić information content (AvgIpc) is 2.29. The van der Waals surface area contributed by atoms with Crippen LogP contribution in [0.3, 0.4) is 0 Å². The number of hydrogen-bond donors (Lipinski definition) is 2. The molecule has 86 valence electrons. The fourth-order valence-corrected chi connectivity index (χ4v) is 1.50. The molecular weight excluding hydrogens is 202 g/mol. The summed E-state index contributed by atoms with van der Waals surface area (Å²) in [7, 11) is 0. The van der Waals surface area contributed by atoms with Gasteiger partial charge >= 0.3 is 0 Å². The van der Waals surface area contributed by atoms with Crippen LogP contribution in [0.2, 0.25) is 0 Å². The van der Waals surface area contributed by atoms with Gasteiger partial charge in [-0.1, -0.05) is 13.8 Å². The van der Waals surface area contributed by atoms with Crippen LogP contribution in [0.5, 0.6) is 0 Å². The summed E-state index contributed by atoms with van der Waals surface area (Å²) in [5, 5.41) is 21.1. The molecule has 0 bridgehead atoms. The molecule has 0 aliphatic rings. The molecular formula is C12H17N3O. The third-order valence-corrected chi connectivity index (χ3v) is 2.50. The largest absolute Gasteiger partial charge is 0.396 e. The molecule has 0 amide bonds. The fourth-order valence-electron chi connectivity index (χ4n) is 1.50. The van der Waals surface area contributed by atoms with Crippen molar-refractivity contribution in [3.05, 3.63) is 23.9 Å². The van der Waals surface area contributed by atoms with Crippen molar-refractivity contribution in [2.24, 2.45) is 5.92 Å². The maximum atomic E-state index is 8.96. The van der Waals surface area contributed by atoms with Crippen molar-refractivity contribution >= 4 is 5.82 Å². The number of hydrogen-bond acceptors (Lipinski definition) is 4. The molecule has 1 heterocycles. The van der Waals surface area contributed by atoms with Crippen LogP contribution >= 0.6 is 0 Å². The molecule has 0 spiro atoms. The number of nitrogens with zero attached hydrogens (tertiary/aromatic N) is 2. The molecule has 0 aliphatic carbocycles. The second kappa shape index (κ2) is 6.09. The molecule has 0 saturated heterocycles. The van der Waals surface area contributed by atoms with Crippen molar-refractivity contribution < 1.29 is 5.11 Å². The first-order valence-electron chi connectivity index (χ1n) is 5.41. The SMILES string of the molecule is CC(C)C(CCO)Nc1ncccc1C#N. The summed E-state index contributed by atoms with van der Waals surface area (Å²) < 4.78 is 0. The van der Waals surface area contributed by atoms with Crippen molar-refractivity contribution in [1.82, 2.24) is 4.98 Å². The zero-order chi connectivity index (χ0) is 12.0. The van der Waals surface area contributed by atoms with Crippen LogP contribution in [0.1, 0.15) is 25.8 Å². The molecule has 4 nitrogen and oxygen atoms in total. The van der Waals surface area contributed by atoms with E-state index in [1.165, 1.54) is 0 Å². The van der Waals surface area contributed by atoms with Gasteiger partial charge in [-0.2, -0.15) is 5.26 Å². The van der Waals surface area contributed by atoms with Gasteiger partial charge in [-0.05, 0) is 24.5 Å². The lowest BCUT2D eigenvalue weighted by Gasteiger charge is -2.22. The van der Waals surface area contributed by atoms with E-state index in [2.05, 4.69) is 30.2 Å². The molecule has 0 fully saturated rings. The molecule has 1 rings (SSSR count). The van der Waals surface area contributed by atoms with Crippen molar-refractivity contribution in [3.63, 3.8) is 0 Å². The van der Waals surface area contributed by atoms with Crippen LogP contribution in [-0.4, -0.2) is 22.7 Å². The Balaban J connectivity index is 2.81. The second-order valence-corrected chi connectivity index (χ2v) is 4.02. The van der Waals surface area contributed by atoms with E-state index in [0.717, 1.165) is 0 Å². The van der Waals surface area contributed by atoms with E-state index in [1.54, 1.807) is 18.3 Å². The predicted molar refractivity (Wildman–Crippen MR) is 62.9 cm³/mol. The molecule has 1 aromatic rings. The summed E-state index contributed by atoms with van der Waals surface area (Å²) in [4.78, 5) is 4.14. The number of anilines is 1. The number of aromatic nitrogens is 1. The Morgan fingerprint density at radius 2 is 2.31 bits per heavy atom. The van der Waals surface area contributed by atoms with Gasteiger partial charge < -0.3 is 10.4 Å². The van der Waals surface area contributed by atoms with Gasteiger partial charge in [-0.3, -0.25) is 0 Å². The van der Waals surface area contributed by atoms with Gasteiger partial charge in [0.15, 0.2) is 0 Å². The lowest BCUT2D eigenvalue weighted by molar-refractivity contribution is 0.267. The highest BCUT2D eigenvalue weighted by Gasteiger charge is 2.14. The topological polar surface area (TPSA) is 68.9 Å². The highest BCUT2D eigenvalue weighted by atomic mass is 16.3. The Morgan fingerprint density at radius 1 is 1.56 bits per heavy atom. The Bertz CT molecular complexity index is 371. The number of rotatable bonds is 5. The number of pyridine rings is 1. The van der Waals surface area contributed by atoms with E-state index in [0.29, 0.717) is 23.7 Å². The third-order valence-electron chi connectivity index (χ3n) is 2.50. The van der Waals surface area contributed by atoms with Crippen LogP contribution in [0.25, 0.3) is 0 Å². The number of nitriles is 1. The molecule has 0 radical (unpaired) electrons. The lowest BCUT2D eigenvalue weighted by atomic mass is 10.0. The first kappa shape index (κ1) is 12.5. The molecule has 0 aliphatic heterocycles. The first-order valence-corrected chi connectivity index (χ1v) is 5.41. The Morgan fingerprint density at radius 3 is 2.88 bits per heavy atom. The summed E-state index contributed by atoms with van der Waals surface area (Å²) in [5.41, 5.74) is 0.533. The monoisotopic (exact) mass is 219 g/mol. The van der Waals surface area contributed by atoms with Crippen LogP contribution in [-0.2, 0) is 0 Å². The van der Waals surface area contributed by atoms with E-state index in [1.807, 2.05) is 0 Å². The molecule has 0 aromatic carbocycles. The highest BCUT2D eigenvalue weighted by Crippen LogP contribution is 2.16. The first-order chi connectivity index (χ1) is 7.69.